The molecule has 120 valence electrons. The molecule has 3 atom stereocenters. The minimum Gasteiger partial charge on any atom is -0.495 e. The second-order valence-corrected chi connectivity index (χ2v) is 6.78. The lowest BCUT2D eigenvalue weighted by Crippen LogP contribution is -2.20. The predicted octanol–water partition coefficient (Wildman–Crippen LogP) is 4.12. The summed E-state index contributed by atoms with van der Waals surface area (Å²) in [5.41, 5.74) is 0.599. The van der Waals surface area contributed by atoms with E-state index in [-0.39, 0.29) is 5.91 Å². The molecule has 2 aliphatic carbocycles. The highest BCUT2D eigenvalue weighted by Gasteiger charge is 2.40. The Hall–Kier alpha value is -1.42. The average molecular weight is 324 g/mol. The molecule has 1 aromatic rings. The summed E-state index contributed by atoms with van der Waals surface area (Å²) in [5.74, 6) is 3.27. The van der Waals surface area contributed by atoms with Crippen molar-refractivity contribution in [3.8, 4) is 11.5 Å². The zero-order valence-electron chi connectivity index (χ0n) is 13.0. The molecule has 0 aliphatic heterocycles. The Balaban J connectivity index is 1.67. The van der Waals surface area contributed by atoms with E-state index in [4.69, 9.17) is 21.1 Å². The molecule has 1 N–H and O–H groups in total. The molecule has 0 saturated heterocycles. The number of anilines is 1. The van der Waals surface area contributed by atoms with Gasteiger partial charge < -0.3 is 14.8 Å². The number of rotatable bonds is 5. The summed E-state index contributed by atoms with van der Waals surface area (Å²) in [5, 5.41) is 3.39. The van der Waals surface area contributed by atoms with Crippen molar-refractivity contribution in [3.05, 3.63) is 17.2 Å². The van der Waals surface area contributed by atoms with Crippen LogP contribution in [0.3, 0.4) is 0 Å². The Morgan fingerprint density at radius 1 is 1.23 bits per heavy atom. The van der Waals surface area contributed by atoms with Gasteiger partial charge in [0.05, 0.1) is 24.9 Å². The number of methoxy groups -OCH3 is 2. The van der Waals surface area contributed by atoms with Gasteiger partial charge in [0.15, 0.2) is 0 Å². The number of hydrogen-bond donors (Lipinski definition) is 1. The fourth-order valence-corrected chi connectivity index (χ4v) is 4.26. The highest BCUT2D eigenvalue weighted by molar-refractivity contribution is 6.32. The molecular formula is C17H22ClNO3. The average Bonchev–Trinajstić information content (AvgIpc) is 3.10. The van der Waals surface area contributed by atoms with Gasteiger partial charge >= 0.3 is 0 Å². The van der Waals surface area contributed by atoms with E-state index in [1.165, 1.54) is 25.7 Å². The fourth-order valence-electron chi connectivity index (χ4n) is 4.02. The van der Waals surface area contributed by atoms with Crippen LogP contribution >= 0.6 is 11.6 Å². The summed E-state index contributed by atoms with van der Waals surface area (Å²) in [6.45, 7) is 0. The first-order chi connectivity index (χ1) is 10.6. The van der Waals surface area contributed by atoms with E-state index >= 15 is 0 Å². The minimum atomic E-state index is 0.0390. The standard InChI is InChI=1S/C17H22ClNO3/c1-21-15-9-16(22-2)14(8-13(15)18)19-17(20)7-12-6-10-3-4-11(12)5-10/h8-12H,3-7H2,1-2H3,(H,19,20)/t10-,11-,12+/m0/s1. The van der Waals surface area contributed by atoms with E-state index in [0.29, 0.717) is 34.5 Å². The van der Waals surface area contributed by atoms with Gasteiger partial charge in [0.1, 0.15) is 11.5 Å². The molecule has 3 rings (SSSR count). The van der Waals surface area contributed by atoms with Crippen LogP contribution in [0.4, 0.5) is 5.69 Å². The molecular weight excluding hydrogens is 302 g/mol. The van der Waals surface area contributed by atoms with Gasteiger partial charge in [-0.3, -0.25) is 4.79 Å². The molecule has 2 bridgehead atoms. The minimum absolute atomic E-state index is 0.0390. The Morgan fingerprint density at radius 3 is 2.59 bits per heavy atom. The summed E-state index contributed by atoms with van der Waals surface area (Å²) in [4.78, 5) is 12.3. The number of carbonyl (C=O) groups excluding carboxylic acids is 1. The molecule has 1 aromatic carbocycles. The van der Waals surface area contributed by atoms with E-state index in [9.17, 15) is 4.79 Å². The highest BCUT2D eigenvalue weighted by Crippen LogP contribution is 2.49. The first kappa shape index (κ1) is 15.5. The molecule has 0 radical (unpaired) electrons. The molecule has 2 fully saturated rings. The molecule has 2 saturated carbocycles. The first-order valence-corrected chi connectivity index (χ1v) is 8.20. The number of benzene rings is 1. The maximum absolute atomic E-state index is 12.3. The second kappa shape index (κ2) is 6.37. The number of amides is 1. The van der Waals surface area contributed by atoms with Crippen molar-refractivity contribution in [1.82, 2.24) is 0 Å². The summed E-state index contributed by atoms with van der Waals surface area (Å²) >= 11 is 6.13. The van der Waals surface area contributed by atoms with Crippen molar-refractivity contribution in [2.45, 2.75) is 32.1 Å². The molecule has 2 aliphatic rings. The monoisotopic (exact) mass is 323 g/mol. The van der Waals surface area contributed by atoms with Crippen LogP contribution in [0, 0.1) is 17.8 Å². The number of ether oxygens (including phenoxy) is 2. The normalized spacial score (nSPS) is 26.0. The molecule has 1 amide bonds. The maximum atomic E-state index is 12.3. The van der Waals surface area contributed by atoms with E-state index in [0.717, 1.165) is 11.8 Å². The van der Waals surface area contributed by atoms with E-state index in [2.05, 4.69) is 5.32 Å². The summed E-state index contributed by atoms with van der Waals surface area (Å²) in [6.07, 6.45) is 5.76. The molecule has 0 spiro atoms. The Morgan fingerprint density at radius 2 is 2.00 bits per heavy atom. The molecule has 22 heavy (non-hydrogen) atoms. The second-order valence-electron chi connectivity index (χ2n) is 6.37. The van der Waals surface area contributed by atoms with Crippen LogP contribution in [-0.4, -0.2) is 20.1 Å². The lowest BCUT2D eigenvalue weighted by molar-refractivity contribution is -0.117. The van der Waals surface area contributed by atoms with E-state index in [1.54, 1.807) is 26.4 Å². The third-order valence-electron chi connectivity index (χ3n) is 5.08. The van der Waals surface area contributed by atoms with Gasteiger partial charge in [0.25, 0.3) is 0 Å². The Labute approximate surface area is 136 Å². The van der Waals surface area contributed by atoms with Gasteiger partial charge in [0.2, 0.25) is 5.91 Å². The summed E-state index contributed by atoms with van der Waals surface area (Å²) in [7, 11) is 3.11. The van der Waals surface area contributed by atoms with Gasteiger partial charge in [-0.25, -0.2) is 0 Å². The number of halogens is 1. The van der Waals surface area contributed by atoms with Crippen LogP contribution in [0.1, 0.15) is 32.1 Å². The molecule has 0 aromatic heterocycles. The first-order valence-electron chi connectivity index (χ1n) is 7.82. The van der Waals surface area contributed by atoms with Crippen molar-refractivity contribution < 1.29 is 14.3 Å². The lowest BCUT2D eigenvalue weighted by atomic mass is 9.86. The number of fused-ring (bicyclic) bond motifs is 2. The van der Waals surface area contributed by atoms with E-state index < -0.39 is 0 Å². The van der Waals surface area contributed by atoms with Crippen molar-refractivity contribution in [3.63, 3.8) is 0 Å². The lowest BCUT2D eigenvalue weighted by Gasteiger charge is -2.21. The molecule has 0 heterocycles. The predicted molar refractivity (Wildman–Crippen MR) is 86.7 cm³/mol. The van der Waals surface area contributed by atoms with Crippen LogP contribution in [0.5, 0.6) is 11.5 Å². The quantitative estimate of drug-likeness (QED) is 0.886. The largest absolute Gasteiger partial charge is 0.495 e. The third-order valence-corrected chi connectivity index (χ3v) is 5.38. The van der Waals surface area contributed by atoms with Crippen molar-refractivity contribution >= 4 is 23.2 Å². The maximum Gasteiger partial charge on any atom is 0.224 e. The fraction of sp³-hybridized carbons (Fsp3) is 0.588. The van der Waals surface area contributed by atoms with Crippen LogP contribution in [0.15, 0.2) is 12.1 Å². The van der Waals surface area contributed by atoms with Gasteiger partial charge in [-0.1, -0.05) is 18.0 Å². The van der Waals surface area contributed by atoms with Crippen LogP contribution in [0.25, 0.3) is 0 Å². The SMILES string of the molecule is COc1cc(OC)c(NC(=O)C[C@H]2C[C@H]3CC[C@H]2C3)cc1Cl. The zero-order valence-corrected chi connectivity index (χ0v) is 13.8. The Bertz CT molecular complexity index is 575. The van der Waals surface area contributed by atoms with Crippen molar-refractivity contribution in [1.29, 1.82) is 0 Å². The molecule has 0 unspecified atom stereocenters. The van der Waals surface area contributed by atoms with Gasteiger partial charge in [0, 0.05) is 12.5 Å². The van der Waals surface area contributed by atoms with E-state index in [1.807, 2.05) is 0 Å². The van der Waals surface area contributed by atoms with Gasteiger partial charge in [-0.15, -0.1) is 0 Å². The van der Waals surface area contributed by atoms with Crippen LogP contribution in [-0.2, 0) is 4.79 Å². The number of nitrogens with one attached hydrogen (secondary N) is 1. The molecule has 5 heteroatoms. The topological polar surface area (TPSA) is 47.6 Å². The summed E-state index contributed by atoms with van der Waals surface area (Å²) in [6, 6.07) is 3.37. The molecule has 4 nitrogen and oxygen atoms in total. The zero-order chi connectivity index (χ0) is 15.7. The smallest absolute Gasteiger partial charge is 0.224 e. The van der Waals surface area contributed by atoms with Gasteiger partial charge in [-0.2, -0.15) is 0 Å². The van der Waals surface area contributed by atoms with Crippen LogP contribution in [0.2, 0.25) is 5.02 Å². The highest BCUT2D eigenvalue weighted by atomic mass is 35.5. The number of hydrogen-bond acceptors (Lipinski definition) is 3. The van der Waals surface area contributed by atoms with Crippen molar-refractivity contribution in [2.75, 3.05) is 19.5 Å². The Kier molecular flexibility index (Phi) is 4.48. The van der Waals surface area contributed by atoms with Crippen LogP contribution < -0.4 is 14.8 Å². The number of carbonyl (C=O) groups is 1. The third kappa shape index (κ3) is 3.02. The van der Waals surface area contributed by atoms with Crippen molar-refractivity contribution in [2.24, 2.45) is 17.8 Å². The van der Waals surface area contributed by atoms with Gasteiger partial charge in [-0.05, 0) is 43.1 Å². The summed E-state index contributed by atoms with van der Waals surface area (Å²) < 4.78 is 10.5.